The van der Waals surface area contributed by atoms with E-state index < -0.39 is 0 Å². The lowest BCUT2D eigenvalue weighted by atomic mass is 9.93. The summed E-state index contributed by atoms with van der Waals surface area (Å²) >= 11 is 5.30. The molecule has 632 valence electrons. The molecular weight excluding hydrogens is 1540 g/mol. The van der Waals surface area contributed by atoms with Crippen LogP contribution in [0, 0.1) is 0 Å². The van der Waals surface area contributed by atoms with Gasteiger partial charge in [0, 0.05) is 162 Å². The van der Waals surface area contributed by atoms with Crippen LogP contribution < -0.4 is 71.5 Å². The number of ether oxygens (including phenoxy) is 7. The molecule has 0 spiro atoms. The first-order chi connectivity index (χ1) is 57.7. The van der Waals surface area contributed by atoms with Crippen LogP contribution in [-0.2, 0) is 48.3 Å². The molecule has 0 fully saturated rings. The van der Waals surface area contributed by atoms with Crippen molar-refractivity contribution >= 4 is 96.2 Å². The van der Waals surface area contributed by atoms with Crippen LogP contribution in [0.15, 0.2) is 173 Å². The second kappa shape index (κ2) is 55.4. The first kappa shape index (κ1) is 99.2. The third-order valence-corrected chi connectivity index (χ3v) is 18.6. The molecule has 7 aromatic carbocycles. The van der Waals surface area contributed by atoms with E-state index in [9.17, 15) is 29.1 Å². The molecule has 9 N–H and O–H groups in total. The number of nitrogens with two attached hydrogens (primary N) is 1. The van der Waals surface area contributed by atoms with Crippen LogP contribution in [0.3, 0.4) is 0 Å². The van der Waals surface area contributed by atoms with Crippen LogP contribution in [0.5, 0.6) is 40.2 Å². The summed E-state index contributed by atoms with van der Waals surface area (Å²) < 4.78 is 45.4. The van der Waals surface area contributed by atoms with Crippen LogP contribution in [0.1, 0.15) is 113 Å². The summed E-state index contributed by atoms with van der Waals surface area (Å²) in [6.45, 7) is 16.7. The molecule has 10 rings (SSSR count). The molecule has 4 amide bonds. The number of carbonyl (C=O) groups excluding carboxylic acids is 6. The van der Waals surface area contributed by atoms with Gasteiger partial charge in [-0.05, 0) is 174 Å². The lowest BCUT2D eigenvalue weighted by Crippen LogP contribution is -2.36. The number of methoxy groups -OCH3 is 3. The van der Waals surface area contributed by atoms with Gasteiger partial charge >= 0.3 is 12.2 Å². The Labute approximate surface area is 716 Å². The lowest BCUT2D eigenvalue weighted by molar-refractivity contribution is -0.191. The van der Waals surface area contributed by atoms with E-state index in [1.165, 1.54) is 34.4 Å². The van der Waals surface area contributed by atoms with Gasteiger partial charge in [0.05, 0.1) is 55.5 Å². The fraction of sp³-hybridized carbons (Fsp3) is 0.382. The molecule has 31 heteroatoms. The number of nitrogens with one attached hydrogen (secondary N) is 6. The van der Waals surface area contributed by atoms with Crippen molar-refractivity contribution in [1.29, 1.82) is 0 Å². The molecule has 8 radical (unpaired) electrons. The van der Waals surface area contributed by atoms with E-state index in [0.29, 0.717) is 164 Å². The highest BCUT2D eigenvalue weighted by molar-refractivity contribution is 7.80. The maximum Gasteiger partial charge on any atom is 0.410 e. The number of fused-ring (bicyclic) bond motifs is 5. The Morgan fingerprint density at radius 3 is 1.52 bits per heavy atom. The Morgan fingerprint density at radius 1 is 0.575 bits per heavy atom. The summed E-state index contributed by atoms with van der Waals surface area (Å²) in [7, 11) is 24.0. The number of phenols is 1. The average molecular weight is 1650 g/mol. The van der Waals surface area contributed by atoms with Crippen LogP contribution >= 0.6 is 12.2 Å². The molecule has 0 bridgehead atoms. The molecule has 2 aliphatic carbocycles. The summed E-state index contributed by atoms with van der Waals surface area (Å²) in [6.07, 6.45) is 5.68. The summed E-state index contributed by atoms with van der Waals surface area (Å²) in [6, 6.07) is 51.1. The molecule has 1 aliphatic heterocycles. The highest BCUT2D eigenvalue weighted by atomic mass is 32.1. The summed E-state index contributed by atoms with van der Waals surface area (Å²) in [5.41, 5.74) is 17.0. The molecule has 3 aliphatic rings. The number of rotatable bonds is 41. The second-order valence-corrected chi connectivity index (χ2v) is 27.6. The van der Waals surface area contributed by atoms with Gasteiger partial charge in [0.15, 0.2) is 26.5 Å². The number of hydrogen-bond donors (Lipinski definition) is 8. The number of amides is 4. The van der Waals surface area contributed by atoms with Crippen molar-refractivity contribution < 1.29 is 71.4 Å². The second-order valence-electron chi connectivity index (χ2n) is 27.2. The Kier molecular flexibility index (Phi) is 45.8. The van der Waals surface area contributed by atoms with Crippen LogP contribution in [0.25, 0.3) is 44.5 Å². The van der Waals surface area contributed by atoms with Gasteiger partial charge in [0.25, 0.3) is 0 Å². The minimum absolute atomic E-state index is 0. The largest absolute Gasteiger partial charge is 0.508 e. The number of likely N-dealkylation sites (N-methyl/N-ethyl adjacent to an activating group) is 1. The number of thiocarbonyl (C=S) groups is 1. The maximum atomic E-state index is 13.4. The molecule has 0 saturated heterocycles. The fourth-order valence-corrected chi connectivity index (χ4v) is 13.0. The quantitative estimate of drug-likeness (QED) is 0.00764. The monoisotopic (exact) mass is 1650 g/mol. The van der Waals surface area contributed by atoms with E-state index in [-0.39, 0.29) is 62.1 Å². The predicted molar refractivity (Wildman–Crippen MR) is 478 cm³/mol. The van der Waals surface area contributed by atoms with Crippen molar-refractivity contribution in [2.75, 3.05) is 119 Å². The molecule has 0 unspecified atom stereocenters. The Hall–Kier alpha value is -11.3. The molecule has 120 heavy (non-hydrogen) atoms. The lowest BCUT2D eigenvalue weighted by Gasteiger charge is -2.24. The first-order valence-electron chi connectivity index (χ1n) is 39.9. The van der Waals surface area contributed by atoms with E-state index in [2.05, 4.69) is 63.1 Å². The van der Waals surface area contributed by atoms with Crippen molar-refractivity contribution in [2.45, 2.75) is 111 Å². The van der Waals surface area contributed by atoms with Crippen LogP contribution in [0.4, 0.5) is 10.5 Å². The number of hydrogen-bond acceptors (Lipinski definition) is 21. The molecular formula is C89H112B4N10O16S. The number of carbonyl (C=O) groups is 4. The summed E-state index contributed by atoms with van der Waals surface area (Å²) in [4.78, 5) is 80.9. The van der Waals surface area contributed by atoms with E-state index in [1.807, 2.05) is 137 Å². The minimum Gasteiger partial charge on any atom is -0.508 e. The normalized spacial score (nSPS) is 10.8. The van der Waals surface area contributed by atoms with E-state index in [1.54, 1.807) is 54.1 Å². The van der Waals surface area contributed by atoms with E-state index >= 15 is 0 Å². The Balaban J connectivity index is 0.000000288. The van der Waals surface area contributed by atoms with Gasteiger partial charge in [-0.1, -0.05) is 86.0 Å². The van der Waals surface area contributed by atoms with Crippen molar-refractivity contribution in [1.82, 2.24) is 41.1 Å². The van der Waals surface area contributed by atoms with E-state index in [4.69, 9.17) is 88.9 Å². The van der Waals surface area contributed by atoms with Gasteiger partial charge in [0.2, 0.25) is 17.7 Å². The zero-order chi connectivity index (χ0) is 86.3. The molecule has 0 saturated carbocycles. The Morgan fingerprint density at radius 2 is 1.06 bits per heavy atom. The molecule has 7 aromatic rings. The Bertz CT molecular complexity index is 4570. The van der Waals surface area contributed by atoms with Crippen LogP contribution in [0.2, 0.25) is 6.32 Å². The van der Waals surface area contributed by atoms with Crippen molar-refractivity contribution in [2.24, 2.45) is 5.73 Å². The highest BCUT2D eigenvalue weighted by Crippen LogP contribution is 2.45. The van der Waals surface area contributed by atoms with Gasteiger partial charge in [-0.15, -0.1) is 0 Å². The summed E-state index contributed by atoms with van der Waals surface area (Å²) in [5, 5.41) is 28.9. The highest BCUT2D eigenvalue weighted by Gasteiger charge is 2.30. The fourth-order valence-electron chi connectivity index (χ4n) is 12.8. The van der Waals surface area contributed by atoms with Crippen molar-refractivity contribution in [3.8, 4) is 73.8 Å². The SMILES string of the molecule is CCNC(=O)CCCOc1ccc(CN(CCNC)C(=O)OCC2c3ccccc3-c3ccccc32)c(OC)c1.O=C=O.[BH].[B]CCCNC(=S)Nc1ccc(-c2c3ccc(=O)cc-3oc3cc(O)ccc23)cc1.[B]N(CCC)Cc1ccc(OCCCC(=O)NCC)cc1OC.[B]N(CCN)Cc1ccc(OCCCC(=O)NCC)cc1OC. The van der Waals surface area contributed by atoms with Crippen molar-refractivity contribution in [3.05, 3.63) is 202 Å². The topological polar surface area (TPSA) is 325 Å². The standard InChI is InChI=1S/C32H39N3O5.C23H19BN2O3S.C17H27BN2O3.C16H26BN3O3.CO2.BH/c1-4-34-31(36)14-9-19-39-24-16-15-23(30(20-24)38-3)21-35(18-17-33-2)32(37)40-22-29-27-12-7-5-10-25(27)26-11-6-8-13-28(26)29;24-10-1-11-25-23(30)26-15-4-2-14(3-5-15)22-18-8-6-16(27)12-20(18)29-21-13-17(28)7-9-19(21)22;1-4-10-20(18)13-14-8-9-15(12-16(14)22-3)23-11-6-7-17(21)19-5-2;1-3-19-16(21)5-4-10-23-14-7-6-13(15(11-14)22-2)12-20(17)9-8-18;2-1-3;/h5-8,10-13,15-16,20,29,33H,4,9,14,17-19,21-22H2,1-3H3,(H,34,36);2-9,12-13,27H,1,10-11H2,(H2,25,26,30);8-9,12H,4-7,10-11,13H2,1-3H3,(H,19,21);6-7,11H,3-5,8-10,12,18H2,1-2H3,(H,19,21);;1H. The zero-order valence-electron chi connectivity index (χ0n) is 70.2. The molecule has 0 aromatic heterocycles. The third-order valence-electron chi connectivity index (χ3n) is 18.4. The minimum atomic E-state index is -0.371. The number of benzene rings is 8. The maximum absolute atomic E-state index is 13.4. The molecule has 0 atom stereocenters. The average Bonchev–Trinajstić information content (AvgIpc) is 1.11. The number of nitrogens with zero attached hydrogens (tertiary/aromatic N) is 3. The third kappa shape index (κ3) is 33.1. The first-order valence-corrected chi connectivity index (χ1v) is 40.3. The molecule has 1 heterocycles. The van der Waals surface area contributed by atoms with Gasteiger partial charge in [-0.2, -0.15) is 9.59 Å². The van der Waals surface area contributed by atoms with Crippen molar-refractivity contribution in [3.63, 3.8) is 0 Å². The van der Waals surface area contributed by atoms with E-state index in [0.717, 1.165) is 87.6 Å². The van der Waals surface area contributed by atoms with Gasteiger partial charge in [0.1, 0.15) is 58.2 Å². The van der Waals surface area contributed by atoms with Crippen LogP contribution in [-0.4, -0.2) is 201 Å². The van der Waals surface area contributed by atoms with Gasteiger partial charge < -0.3 is 94.8 Å². The molecule has 26 nitrogen and oxygen atoms in total. The van der Waals surface area contributed by atoms with Gasteiger partial charge in [-0.3, -0.25) is 19.2 Å². The van der Waals surface area contributed by atoms with Gasteiger partial charge in [-0.25, -0.2) is 4.79 Å². The summed E-state index contributed by atoms with van der Waals surface area (Å²) in [5.74, 6) is 4.92. The number of aromatic hydroxyl groups is 1. The number of phenolic OH excluding ortho intramolecular Hbond substituents is 1. The zero-order valence-corrected chi connectivity index (χ0v) is 71.0. The smallest absolute Gasteiger partial charge is 0.410 e. The number of anilines is 1. The predicted octanol–water partition coefficient (Wildman–Crippen LogP) is 11.4.